The van der Waals surface area contributed by atoms with E-state index in [9.17, 15) is 14.3 Å². The molecule has 2 aromatic rings. The Hall–Kier alpha value is -2.62. The number of nitrogens with one attached hydrogen (secondary N) is 1. The van der Waals surface area contributed by atoms with Crippen LogP contribution in [0.15, 0.2) is 48.6 Å². The van der Waals surface area contributed by atoms with Gasteiger partial charge in [-0.05, 0) is 42.5 Å². The maximum absolute atomic E-state index is 14.4. The molecule has 1 aliphatic carbocycles. The van der Waals surface area contributed by atoms with E-state index in [4.69, 9.17) is 0 Å². The van der Waals surface area contributed by atoms with Crippen molar-refractivity contribution in [2.24, 2.45) is 5.92 Å². The van der Waals surface area contributed by atoms with Gasteiger partial charge in [0, 0.05) is 17.2 Å². The van der Waals surface area contributed by atoms with Crippen LogP contribution in [0.4, 0.5) is 10.1 Å². The third-order valence-corrected chi connectivity index (χ3v) is 5.27. The van der Waals surface area contributed by atoms with Crippen molar-refractivity contribution in [1.29, 1.82) is 0 Å². The molecule has 0 saturated heterocycles. The van der Waals surface area contributed by atoms with Gasteiger partial charge in [-0.1, -0.05) is 36.4 Å². The zero-order valence-electron chi connectivity index (χ0n) is 13.3. The molecule has 2 N–H and O–H groups in total. The molecule has 0 amide bonds. The van der Waals surface area contributed by atoms with E-state index < -0.39 is 5.97 Å². The lowest BCUT2D eigenvalue weighted by Crippen LogP contribution is -2.30. The molecule has 24 heavy (non-hydrogen) atoms. The van der Waals surface area contributed by atoms with Crippen molar-refractivity contribution in [3.8, 4) is 0 Å². The topological polar surface area (TPSA) is 49.3 Å². The van der Waals surface area contributed by atoms with Crippen molar-refractivity contribution in [2.75, 3.05) is 5.32 Å². The number of hydrogen-bond donors (Lipinski definition) is 2. The molecule has 4 rings (SSSR count). The fraction of sp³-hybridized carbons (Fsp3) is 0.250. The zero-order valence-corrected chi connectivity index (χ0v) is 13.3. The van der Waals surface area contributed by atoms with Crippen LogP contribution in [0.25, 0.3) is 0 Å². The van der Waals surface area contributed by atoms with Crippen molar-refractivity contribution in [2.45, 2.75) is 25.3 Å². The summed E-state index contributed by atoms with van der Waals surface area (Å²) in [5.74, 6) is -0.739. The largest absolute Gasteiger partial charge is 0.478 e. The van der Waals surface area contributed by atoms with Crippen LogP contribution in [0.5, 0.6) is 0 Å². The highest BCUT2D eigenvalue weighted by Gasteiger charge is 2.39. The summed E-state index contributed by atoms with van der Waals surface area (Å²) in [4.78, 5) is 11.4. The fourth-order valence-electron chi connectivity index (χ4n) is 4.08. The van der Waals surface area contributed by atoms with E-state index in [0.717, 1.165) is 17.7 Å². The quantitative estimate of drug-likeness (QED) is 0.790. The lowest BCUT2D eigenvalue weighted by Gasteiger charge is -2.38. The number of anilines is 1. The van der Waals surface area contributed by atoms with Gasteiger partial charge in [0.2, 0.25) is 0 Å². The monoisotopic (exact) mass is 323 g/mol. The molecular weight excluding hydrogens is 305 g/mol. The Labute approximate surface area is 139 Å². The molecule has 0 spiro atoms. The van der Waals surface area contributed by atoms with Crippen LogP contribution in [0, 0.1) is 18.7 Å². The Balaban J connectivity index is 1.87. The fourth-order valence-corrected chi connectivity index (χ4v) is 4.08. The normalized spacial score (nSPS) is 24.2. The minimum atomic E-state index is -0.941. The molecule has 3 nitrogen and oxygen atoms in total. The maximum Gasteiger partial charge on any atom is 0.336 e. The molecule has 2 aliphatic rings. The van der Waals surface area contributed by atoms with Gasteiger partial charge in [-0.25, -0.2) is 9.18 Å². The van der Waals surface area contributed by atoms with Crippen LogP contribution < -0.4 is 5.32 Å². The van der Waals surface area contributed by atoms with E-state index in [0.29, 0.717) is 11.1 Å². The lowest BCUT2D eigenvalue weighted by atomic mass is 9.76. The van der Waals surface area contributed by atoms with Crippen LogP contribution in [0.1, 0.15) is 45.4 Å². The Morgan fingerprint density at radius 3 is 2.75 bits per heavy atom. The predicted octanol–water partition coefficient (Wildman–Crippen LogP) is 4.66. The Morgan fingerprint density at radius 2 is 2.00 bits per heavy atom. The number of carboxylic acid groups (broad SMARTS) is 1. The first-order valence-electron chi connectivity index (χ1n) is 8.12. The summed E-state index contributed by atoms with van der Waals surface area (Å²) < 4.78 is 14.4. The van der Waals surface area contributed by atoms with E-state index in [-0.39, 0.29) is 29.3 Å². The van der Waals surface area contributed by atoms with Crippen molar-refractivity contribution in [3.63, 3.8) is 0 Å². The smallest absolute Gasteiger partial charge is 0.336 e. The Bertz CT molecular complexity index is 859. The van der Waals surface area contributed by atoms with Crippen LogP contribution in [0.3, 0.4) is 0 Å². The first kappa shape index (κ1) is 14.9. The third-order valence-electron chi connectivity index (χ3n) is 5.27. The lowest BCUT2D eigenvalue weighted by molar-refractivity contribution is 0.0696. The number of halogens is 1. The number of allylic oxidation sites excluding steroid dienone is 2. The number of fused-ring (bicyclic) bond motifs is 3. The van der Waals surface area contributed by atoms with Gasteiger partial charge in [0.1, 0.15) is 5.82 Å². The summed E-state index contributed by atoms with van der Waals surface area (Å²) in [7, 11) is 0. The molecule has 0 saturated carbocycles. The average Bonchev–Trinajstić information content (AvgIpc) is 3.05. The number of carbonyl (C=O) groups is 1. The number of aromatic carboxylic acids is 1. The van der Waals surface area contributed by atoms with Gasteiger partial charge in [-0.15, -0.1) is 0 Å². The van der Waals surface area contributed by atoms with E-state index in [1.165, 1.54) is 6.07 Å². The van der Waals surface area contributed by atoms with Crippen molar-refractivity contribution >= 4 is 11.7 Å². The van der Waals surface area contributed by atoms with Crippen LogP contribution in [0.2, 0.25) is 0 Å². The Morgan fingerprint density at radius 1 is 1.21 bits per heavy atom. The van der Waals surface area contributed by atoms with Crippen molar-refractivity contribution in [1.82, 2.24) is 0 Å². The van der Waals surface area contributed by atoms with Crippen LogP contribution >= 0.6 is 0 Å². The number of rotatable bonds is 2. The summed E-state index contributed by atoms with van der Waals surface area (Å²) in [6.07, 6.45) is 5.19. The first-order valence-corrected chi connectivity index (χ1v) is 8.12. The van der Waals surface area contributed by atoms with E-state index in [1.807, 2.05) is 25.1 Å². The Kier molecular flexibility index (Phi) is 3.41. The zero-order chi connectivity index (χ0) is 16.8. The molecule has 0 radical (unpaired) electrons. The molecule has 1 heterocycles. The molecule has 0 fully saturated rings. The van der Waals surface area contributed by atoms with Gasteiger partial charge in [0.15, 0.2) is 0 Å². The summed E-state index contributed by atoms with van der Waals surface area (Å²) in [5.41, 5.74) is 3.57. The molecular formula is C20H18FNO2. The molecule has 4 heteroatoms. The minimum absolute atomic E-state index is 0.165. The summed E-state index contributed by atoms with van der Waals surface area (Å²) in [5, 5.41) is 12.8. The second-order valence-electron chi connectivity index (χ2n) is 6.50. The number of hydrogen-bond acceptors (Lipinski definition) is 2. The summed E-state index contributed by atoms with van der Waals surface area (Å²) in [6.45, 7) is 1.81. The minimum Gasteiger partial charge on any atom is -0.478 e. The standard InChI is InChI=1S/C20H18FNO2/c1-11-12(20(23)24)9-10-15-13-6-4-7-14(13)19(22-18(11)15)16-5-2-3-8-17(16)21/h2-6,8-10,13-14,19,22H,7H2,1H3,(H,23,24)/t13-,14+,19+/m0/s1. The third kappa shape index (κ3) is 2.13. The highest BCUT2D eigenvalue weighted by atomic mass is 19.1. The first-order chi connectivity index (χ1) is 11.6. The highest BCUT2D eigenvalue weighted by Crippen LogP contribution is 2.51. The number of carboxylic acids is 1. The molecule has 1 aliphatic heterocycles. The van der Waals surface area contributed by atoms with E-state index in [1.54, 1.807) is 12.1 Å². The van der Waals surface area contributed by atoms with Gasteiger partial charge < -0.3 is 10.4 Å². The SMILES string of the molecule is Cc1c(C(=O)O)ccc2c1N[C@@H](c1ccccc1F)[C@@H]1CC=C[C@H]21. The second kappa shape index (κ2) is 5.48. The van der Waals surface area contributed by atoms with Gasteiger partial charge in [-0.3, -0.25) is 0 Å². The van der Waals surface area contributed by atoms with Gasteiger partial charge in [0.05, 0.1) is 11.6 Å². The van der Waals surface area contributed by atoms with E-state index in [2.05, 4.69) is 17.5 Å². The molecule has 3 atom stereocenters. The predicted molar refractivity (Wildman–Crippen MR) is 90.9 cm³/mol. The van der Waals surface area contributed by atoms with Crippen LogP contribution in [-0.2, 0) is 0 Å². The van der Waals surface area contributed by atoms with Gasteiger partial charge in [0.25, 0.3) is 0 Å². The molecule has 0 bridgehead atoms. The van der Waals surface area contributed by atoms with Crippen molar-refractivity contribution in [3.05, 3.63) is 76.6 Å². The molecule has 0 unspecified atom stereocenters. The van der Waals surface area contributed by atoms with Crippen molar-refractivity contribution < 1.29 is 14.3 Å². The van der Waals surface area contributed by atoms with Gasteiger partial charge >= 0.3 is 5.97 Å². The average molecular weight is 323 g/mol. The van der Waals surface area contributed by atoms with E-state index >= 15 is 0 Å². The molecule has 2 aromatic carbocycles. The van der Waals surface area contributed by atoms with Crippen LogP contribution in [-0.4, -0.2) is 11.1 Å². The molecule has 122 valence electrons. The molecule has 0 aromatic heterocycles. The number of benzene rings is 2. The summed E-state index contributed by atoms with van der Waals surface area (Å²) >= 11 is 0. The summed E-state index contributed by atoms with van der Waals surface area (Å²) in [6, 6.07) is 10.2. The maximum atomic E-state index is 14.4. The van der Waals surface area contributed by atoms with Gasteiger partial charge in [-0.2, -0.15) is 0 Å². The highest BCUT2D eigenvalue weighted by molar-refractivity contribution is 5.92. The second-order valence-corrected chi connectivity index (χ2v) is 6.50.